The van der Waals surface area contributed by atoms with Gasteiger partial charge in [-0.3, -0.25) is 4.79 Å². The van der Waals surface area contributed by atoms with Gasteiger partial charge in [-0.25, -0.2) is 4.98 Å². The van der Waals surface area contributed by atoms with Gasteiger partial charge in [0, 0.05) is 16.6 Å². The molecule has 0 aliphatic heterocycles. The molecule has 23 heavy (non-hydrogen) atoms. The third kappa shape index (κ3) is 4.17. The van der Waals surface area contributed by atoms with Gasteiger partial charge in [-0.2, -0.15) is 0 Å². The lowest BCUT2D eigenvalue weighted by atomic mass is 10.1. The summed E-state index contributed by atoms with van der Waals surface area (Å²) in [6.45, 7) is 3.95. The summed E-state index contributed by atoms with van der Waals surface area (Å²) in [5.41, 5.74) is 2.02. The normalized spacial score (nSPS) is 10.7. The van der Waals surface area contributed by atoms with Crippen molar-refractivity contribution in [3.63, 3.8) is 0 Å². The van der Waals surface area contributed by atoms with E-state index in [-0.39, 0.29) is 11.7 Å². The highest BCUT2D eigenvalue weighted by atomic mass is 32.2. The molecule has 0 bridgehead atoms. The number of amides is 1. The summed E-state index contributed by atoms with van der Waals surface area (Å²) in [5, 5.41) is 11.7. The zero-order chi connectivity index (χ0) is 16.2. The minimum atomic E-state index is -0.153. The van der Waals surface area contributed by atoms with Crippen LogP contribution in [0, 0.1) is 13.8 Å². The molecule has 0 aliphatic carbocycles. The van der Waals surface area contributed by atoms with Gasteiger partial charge >= 0.3 is 0 Å². The number of aromatic nitrogens is 3. The Balaban J connectivity index is 1.56. The largest absolute Gasteiger partial charge is 0.411 e. The highest BCUT2D eigenvalue weighted by Crippen LogP contribution is 2.24. The monoisotopic (exact) mass is 346 g/mol. The van der Waals surface area contributed by atoms with Gasteiger partial charge in [0.1, 0.15) is 0 Å². The Labute approximate surface area is 141 Å². The second-order valence-corrected chi connectivity index (χ2v) is 7.01. The van der Waals surface area contributed by atoms with Crippen LogP contribution in [-0.4, -0.2) is 26.8 Å². The van der Waals surface area contributed by atoms with Gasteiger partial charge in [0.2, 0.25) is 11.8 Å². The van der Waals surface area contributed by atoms with Crippen LogP contribution in [-0.2, 0) is 4.79 Å². The van der Waals surface area contributed by atoms with Crippen LogP contribution >= 0.6 is 23.1 Å². The fourth-order valence-electron chi connectivity index (χ4n) is 1.78. The van der Waals surface area contributed by atoms with Gasteiger partial charge in [-0.15, -0.1) is 21.5 Å². The molecule has 0 fully saturated rings. The first-order valence-corrected chi connectivity index (χ1v) is 8.66. The first-order valence-electron chi connectivity index (χ1n) is 6.86. The Morgan fingerprint density at radius 2 is 2.04 bits per heavy atom. The number of nitrogens with one attached hydrogen (secondary N) is 1. The topological polar surface area (TPSA) is 80.9 Å². The van der Waals surface area contributed by atoms with E-state index in [2.05, 4.69) is 20.5 Å². The number of anilines is 1. The molecule has 1 N–H and O–H groups in total. The van der Waals surface area contributed by atoms with Crippen molar-refractivity contribution < 1.29 is 9.21 Å². The molecule has 0 spiro atoms. The lowest BCUT2D eigenvalue weighted by Crippen LogP contribution is -2.13. The average molecular weight is 346 g/mol. The van der Waals surface area contributed by atoms with Gasteiger partial charge in [-0.1, -0.05) is 29.5 Å². The van der Waals surface area contributed by atoms with Crippen molar-refractivity contribution in [2.24, 2.45) is 0 Å². The van der Waals surface area contributed by atoms with Crippen molar-refractivity contribution in [3.8, 4) is 11.5 Å². The first-order chi connectivity index (χ1) is 11.1. The molecule has 0 aliphatic rings. The van der Waals surface area contributed by atoms with E-state index < -0.39 is 0 Å². The zero-order valence-corrected chi connectivity index (χ0v) is 14.2. The van der Waals surface area contributed by atoms with E-state index in [4.69, 9.17) is 4.42 Å². The van der Waals surface area contributed by atoms with Crippen molar-refractivity contribution in [1.29, 1.82) is 0 Å². The van der Waals surface area contributed by atoms with Crippen LogP contribution < -0.4 is 5.32 Å². The quantitative estimate of drug-likeness (QED) is 0.712. The number of nitrogens with zero attached hydrogens (tertiary/aromatic N) is 3. The number of thioether (sulfide) groups is 1. The van der Waals surface area contributed by atoms with Gasteiger partial charge in [-0.05, 0) is 26.0 Å². The van der Waals surface area contributed by atoms with Gasteiger partial charge in [0.15, 0.2) is 5.13 Å². The standard InChI is InChI=1S/C15H14N4O2S2/c1-9-3-5-11(6-4-9)13-18-19-15(21-13)22-8-12(20)17-14-16-7-10(2)23-14/h3-7H,8H2,1-2H3,(H,16,17,20). The first kappa shape index (κ1) is 15.7. The highest BCUT2D eigenvalue weighted by Gasteiger charge is 2.12. The summed E-state index contributed by atoms with van der Waals surface area (Å²) in [7, 11) is 0. The number of rotatable bonds is 5. The molecular weight excluding hydrogens is 332 g/mol. The summed E-state index contributed by atoms with van der Waals surface area (Å²) in [6, 6.07) is 7.81. The summed E-state index contributed by atoms with van der Waals surface area (Å²) in [5.74, 6) is 0.483. The van der Waals surface area contributed by atoms with E-state index in [1.807, 2.05) is 38.1 Å². The number of benzene rings is 1. The second kappa shape index (κ2) is 6.93. The molecule has 1 amide bonds. The Morgan fingerprint density at radius 1 is 1.26 bits per heavy atom. The van der Waals surface area contributed by atoms with Crippen LogP contribution in [0.3, 0.4) is 0 Å². The molecule has 0 unspecified atom stereocenters. The minimum absolute atomic E-state index is 0.153. The van der Waals surface area contributed by atoms with E-state index >= 15 is 0 Å². The summed E-state index contributed by atoms with van der Waals surface area (Å²) in [4.78, 5) is 17.0. The summed E-state index contributed by atoms with van der Waals surface area (Å²) in [6.07, 6.45) is 1.72. The van der Waals surface area contributed by atoms with Crippen molar-refractivity contribution in [1.82, 2.24) is 15.2 Å². The molecule has 3 rings (SSSR count). The minimum Gasteiger partial charge on any atom is -0.411 e. The molecule has 0 atom stereocenters. The van der Waals surface area contributed by atoms with Gasteiger partial charge < -0.3 is 9.73 Å². The number of hydrogen-bond acceptors (Lipinski definition) is 7. The maximum atomic E-state index is 11.9. The third-order valence-corrected chi connectivity index (χ3v) is 4.55. The molecule has 0 saturated heterocycles. The molecule has 0 radical (unpaired) electrons. The van der Waals surface area contributed by atoms with E-state index in [0.29, 0.717) is 16.2 Å². The molecule has 2 aromatic heterocycles. The fraction of sp³-hybridized carbons (Fsp3) is 0.200. The molecular formula is C15H14N4O2S2. The van der Waals surface area contributed by atoms with Crippen molar-refractivity contribution in [3.05, 3.63) is 40.9 Å². The van der Waals surface area contributed by atoms with Crippen LogP contribution in [0.5, 0.6) is 0 Å². The number of carbonyl (C=O) groups is 1. The Hall–Kier alpha value is -2.19. The van der Waals surface area contributed by atoms with Crippen molar-refractivity contribution >= 4 is 34.1 Å². The number of thiazole rings is 1. The maximum Gasteiger partial charge on any atom is 0.277 e. The SMILES string of the molecule is Cc1ccc(-c2nnc(SCC(=O)Nc3ncc(C)s3)o2)cc1. The second-order valence-electron chi connectivity index (χ2n) is 4.85. The number of carbonyl (C=O) groups excluding carboxylic acids is 1. The van der Waals surface area contributed by atoms with E-state index in [1.54, 1.807) is 6.20 Å². The van der Waals surface area contributed by atoms with Crippen LogP contribution in [0.1, 0.15) is 10.4 Å². The molecule has 8 heteroatoms. The third-order valence-electron chi connectivity index (χ3n) is 2.90. The fourth-order valence-corrected chi connectivity index (χ4v) is 3.02. The highest BCUT2D eigenvalue weighted by molar-refractivity contribution is 7.99. The molecule has 0 saturated carbocycles. The average Bonchev–Trinajstić information content (AvgIpc) is 3.15. The molecule has 3 aromatic rings. The van der Waals surface area contributed by atoms with E-state index in [1.165, 1.54) is 23.1 Å². The van der Waals surface area contributed by atoms with E-state index in [9.17, 15) is 4.79 Å². The molecule has 2 heterocycles. The van der Waals surface area contributed by atoms with Crippen molar-refractivity contribution in [2.45, 2.75) is 19.1 Å². The summed E-state index contributed by atoms with van der Waals surface area (Å²) < 4.78 is 5.56. The van der Waals surface area contributed by atoms with Crippen molar-refractivity contribution in [2.75, 3.05) is 11.1 Å². The lowest BCUT2D eigenvalue weighted by molar-refractivity contribution is -0.113. The van der Waals surface area contributed by atoms with Gasteiger partial charge in [0.05, 0.1) is 5.75 Å². The zero-order valence-electron chi connectivity index (χ0n) is 12.6. The van der Waals surface area contributed by atoms with E-state index in [0.717, 1.165) is 16.0 Å². The van der Waals surface area contributed by atoms with Crippen LogP contribution in [0.4, 0.5) is 5.13 Å². The number of aryl methyl sites for hydroxylation is 2. The smallest absolute Gasteiger partial charge is 0.277 e. The van der Waals surface area contributed by atoms with Crippen LogP contribution in [0.2, 0.25) is 0 Å². The maximum absolute atomic E-state index is 11.9. The molecule has 118 valence electrons. The molecule has 6 nitrogen and oxygen atoms in total. The molecule has 1 aromatic carbocycles. The number of hydrogen-bond donors (Lipinski definition) is 1. The van der Waals surface area contributed by atoms with Crippen LogP contribution in [0.25, 0.3) is 11.5 Å². The lowest BCUT2D eigenvalue weighted by Gasteiger charge is -1.98. The predicted octanol–water partition coefficient (Wildman–Crippen LogP) is 3.54. The Kier molecular flexibility index (Phi) is 4.73. The van der Waals surface area contributed by atoms with Crippen LogP contribution in [0.15, 0.2) is 40.1 Å². The Morgan fingerprint density at radius 3 is 2.74 bits per heavy atom. The Bertz CT molecular complexity index is 811. The predicted molar refractivity (Wildman–Crippen MR) is 90.7 cm³/mol. The summed E-state index contributed by atoms with van der Waals surface area (Å²) >= 11 is 2.63. The van der Waals surface area contributed by atoms with Gasteiger partial charge in [0.25, 0.3) is 5.22 Å².